The van der Waals surface area contributed by atoms with E-state index in [1.165, 1.54) is 6.16 Å². The van der Waals surface area contributed by atoms with Crippen molar-refractivity contribution in [3.05, 3.63) is 0 Å². The predicted molar refractivity (Wildman–Crippen MR) is 37.1 cm³/mol. The molecule has 0 saturated carbocycles. The Bertz CT molecular complexity index is 45.3. The summed E-state index contributed by atoms with van der Waals surface area (Å²) in [6, 6.07) is 0. The zero-order chi connectivity index (χ0) is 5.86. The van der Waals surface area contributed by atoms with Crippen LogP contribution in [0, 0.1) is 0 Å². The van der Waals surface area contributed by atoms with Crippen LogP contribution in [0.15, 0.2) is 0 Å². The van der Waals surface area contributed by atoms with Crippen molar-refractivity contribution < 1.29 is 0 Å². The van der Waals surface area contributed by atoms with Gasteiger partial charge >= 0.3 is 0 Å². The van der Waals surface area contributed by atoms with E-state index in [9.17, 15) is 0 Å². The Morgan fingerprint density at radius 3 is 1.86 bits per heavy atom. The summed E-state index contributed by atoms with van der Waals surface area (Å²) in [4.78, 5) is 0. The normalized spacial score (nSPS) is 15.0. The third-order valence-corrected chi connectivity index (χ3v) is 3.42. The van der Waals surface area contributed by atoms with Gasteiger partial charge in [0.2, 0.25) is 0 Å². The molecule has 44 valence electrons. The SMILES string of the molecule is CCP(C)N(C)C. The van der Waals surface area contributed by atoms with E-state index >= 15 is 0 Å². The second-order valence-corrected chi connectivity index (χ2v) is 4.57. The van der Waals surface area contributed by atoms with Crippen LogP contribution in [-0.4, -0.2) is 31.6 Å². The lowest BCUT2D eigenvalue weighted by Crippen LogP contribution is -2.03. The van der Waals surface area contributed by atoms with Gasteiger partial charge in [-0.05, 0) is 35.0 Å². The van der Waals surface area contributed by atoms with Gasteiger partial charge in [-0.3, -0.25) is 4.67 Å². The van der Waals surface area contributed by atoms with Crippen LogP contribution in [0.1, 0.15) is 6.92 Å². The van der Waals surface area contributed by atoms with Gasteiger partial charge in [0.15, 0.2) is 0 Å². The van der Waals surface area contributed by atoms with Crippen molar-refractivity contribution in [2.75, 3.05) is 26.9 Å². The van der Waals surface area contributed by atoms with E-state index in [4.69, 9.17) is 0 Å². The highest BCUT2D eigenvalue weighted by molar-refractivity contribution is 7.54. The smallest absolute Gasteiger partial charge is 0.00973 e. The number of nitrogens with zero attached hydrogens (tertiary/aromatic N) is 1. The molecule has 0 aromatic heterocycles. The topological polar surface area (TPSA) is 3.24 Å². The summed E-state index contributed by atoms with van der Waals surface area (Å²) < 4.78 is 2.29. The molecule has 0 aliphatic carbocycles. The van der Waals surface area contributed by atoms with Crippen LogP contribution in [0.2, 0.25) is 0 Å². The van der Waals surface area contributed by atoms with Gasteiger partial charge in [0, 0.05) is 0 Å². The minimum Gasteiger partial charge on any atom is -0.288 e. The van der Waals surface area contributed by atoms with Gasteiger partial charge in [-0.15, -0.1) is 0 Å². The highest BCUT2D eigenvalue weighted by atomic mass is 31.1. The van der Waals surface area contributed by atoms with E-state index in [2.05, 4.69) is 32.4 Å². The minimum absolute atomic E-state index is 0.196. The fourth-order valence-electron chi connectivity index (χ4n) is 0.283. The zero-order valence-electron chi connectivity index (χ0n) is 5.60. The molecule has 1 unspecified atom stereocenters. The average Bonchev–Trinajstić information content (AvgIpc) is 1.65. The molecular weight excluding hydrogens is 105 g/mol. The zero-order valence-corrected chi connectivity index (χ0v) is 6.50. The Kier molecular flexibility index (Phi) is 3.59. The molecule has 2 heteroatoms. The van der Waals surface area contributed by atoms with E-state index in [1.54, 1.807) is 0 Å². The molecule has 0 spiro atoms. The molecule has 0 fully saturated rings. The first-order valence-electron chi connectivity index (χ1n) is 2.56. The van der Waals surface area contributed by atoms with Gasteiger partial charge in [0.25, 0.3) is 0 Å². The Balaban J connectivity index is 3.14. The third kappa shape index (κ3) is 3.02. The van der Waals surface area contributed by atoms with Crippen LogP contribution in [0.5, 0.6) is 0 Å². The van der Waals surface area contributed by atoms with Crippen molar-refractivity contribution >= 4 is 8.07 Å². The summed E-state index contributed by atoms with van der Waals surface area (Å²) in [6.45, 7) is 4.51. The largest absolute Gasteiger partial charge is 0.288 e. The van der Waals surface area contributed by atoms with Crippen molar-refractivity contribution in [1.29, 1.82) is 0 Å². The summed E-state index contributed by atoms with van der Waals surface area (Å²) in [6.07, 6.45) is 1.31. The van der Waals surface area contributed by atoms with Crippen LogP contribution in [0.25, 0.3) is 0 Å². The van der Waals surface area contributed by atoms with Crippen LogP contribution in [0.3, 0.4) is 0 Å². The first kappa shape index (κ1) is 7.39. The standard InChI is InChI=1S/C5H14NP/c1-5-7(4)6(2)3/h5H2,1-4H3. The van der Waals surface area contributed by atoms with Crippen LogP contribution in [-0.2, 0) is 0 Å². The minimum atomic E-state index is 0.196. The molecule has 0 radical (unpaired) electrons. The van der Waals surface area contributed by atoms with Crippen molar-refractivity contribution in [2.45, 2.75) is 6.92 Å². The van der Waals surface area contributed by atoms with E-state index in [0.29, 0.717) is 0 Å². The molecular formula is C5H14NP. The molecule has 0 amide bonds. The monoisotopic (exact) mass is 119 g/mol. The Hall–Kier alpha value is 0.390. The maximum Gasteiger partial charge on any atom is -0.00973 e. The average molecular weight is 119 g/mol. The van der Waals surface area contributed by atoms with Crippen molar-refractivity contribution in [3.63, 3.8) is 0 Å². The lowest BCUT2D eigenvalue weighted by atomic mass is 11.0. The summed E-state index contributed by atoms with van der Waals surface area (Å²) >= 11 is 0. The third-order valence-electron chi connectivity index (χ3n) is 1.14. The summed E-state index contributed by atoms with van der Waals surface area (Å²) in [5.41, 5.74) is 0. The van der Waals surface area contributed by atoms with E-state index < -0.39 is 0 Å². The van der Waals surface area contributed by atoms with Gasteiger partial charge in [-0.2, -0.15) is 0 Å². The van der Waals surface area contributed by atoms with Crippen LogP contribution < -0.4 is 0 Å². The maximum atomic E-state index is 2.29. The molecule has 0 aliphatic heterocycles. The molecule has 7 heavy (non-hydrogen) atoms. The highest BCUT2D eigenvalue weighted by Gasteiger charge is 1.96. The number of hydrogen-bond acceptors (Lipinski definition) is 1. The molecule has 0 aromatic rings. The Morgan fingerprint density at radius 1 is 1.43 bits per heavy atom. The first-order valence-corrected chi connectivity index (χ1v) is 4.49. The summed E-state index contributed by atoms with van der Waals surface area (Å²) in [7, 11) is 4.46. The quantitative estimate of drug-likeness (QED) is 0.499. The van der Waals surface area contributed by atoms with E-state index in [0.717, 1.165) is 0 Å². The van der Waals surface area contributed by atoms with Crippen molar-refractivity contribution in [2.24, 2.45) is 0 Å². The molecule has 0 aliphatic rings. The Morgan fingerprint density at radius 2 is 1.86 bits per heavy atom. The molecule has 0 aromatic carbocycles. The highest BCUT2D eigenvalue weighted by Crippen LogP contribution is 2.30. The predicted octanol–water partition coefficient (Wildman–Crippen LogP) is 1.59. The van der Waals surface area contributed by atoms with Gasteiger partial charge in [0.05, 0.1) is 0 Å². The summed E-state index contributed by atoms with van der Waals surface area (Å²) in [5.74, 6) is 0. The Labute approximate surface area is 47.5 Å². The molecule has 0 rings (SSSR count). The lowest BCUT2D eigenvalue weighted by Gasteiger charge is -2.16. The van der Waals surface area contributed by atoms with E-state index in [1.807, 2.05) is 0 Å². The van der Waals surface area contributed by atoms with E-state index in [-0.39, 0.29) is 8.07 Å². The molecule has 0 bridgehead atoms. The molecule has 1 atom stereocenters. The van der Waals surface area contributed by atoms with Crippen molar-refractivity contribution in [1.82, 2.24) is 4.67 Å². The van der Waals surface area contributed by atoms with Gasteiger partial charge in [0.1, 0.15) is 0 Å². The van der Waals surface area contributed by atoms with Gasteiger partial charge in [-0.25, -0.2) is 0 Å². The molecule has 1 nitrogen and oxygen atoms in total. The number of rotatable bonds is 2. The lowest BCUT2D eigenvalue weighted by molar-refractivity contribution is 0.679. The van der Waals surface area contributed by atoms with Gasteiger partial charge < -0.3 is 0 Å². The maximum absolute atomic E-state index is 2.29. The van der Waals surface area contributed by atoms with Crippen LogP contribution >= 0.6 is 8.07 Å². The van der Waals surface area contributed by atoms with Crippen molar-refractivity contribution in [3.8, 4) is 0 Å². The fourth-order valence-corrected chi connectivity index (χ4v) is 0.849. The van der Waals surface area contributed by atoms with Crippen LogP contribution in [0.4, 0.5) is 0 Å². The second kappa shape index (κ2) is 3.40. The fraction of sp³-hybridized carbons (Fsp3) is 1.00. The second-order valence-electron chi connectivity index (χ2n) is 1.82. The first-order chi connectivity index (χ1) is 3.18. The number of hydrogen-bond donors (Lipinski definition) is 0. The van der Waals surface area contributed by atoms with Gasteiger partial charge in [-0.1, -0.05) is 6.92 Å². The molecule has 0 N–H and O–H groups in total. The molecule has 0 saturated heterocycles. The molecule has 0 heterocycles. The summed E-state index contributed by atoms with van der Waals surface area (Å²) in [5, 5.41) is 0.